The number of hydrogen-bond acceptors (Lipinski definition) is 4. The molecule has 1 aromatic carbocycles. The molecule has 2 N–H and O–H groups in total. The fourth-order valence-electron chi connectivity index (χ4n) is 3.26. The maximum absolute atomic E-state index is 14.4. The molecule has 5 heteroatoms. The number of benzene rings is 1. The molecule has 0 saturated carbocycles. The van der Waals surface area contributed by atoms with E-state index in [2.05, 4.69) is 5.32 Å². The normalized spacial score (nSPS) is 17.4. The van der Waals surface area contributed by atoms with E-state index in [-0.39, 0.29) is 23.3 Å². The van der Waals surface area contributed by atoms with Gasteiger partial charge in [0.1, 0.15) is 5.82 Å². The Morgan fingerprint density at radius 3 is 2.54 bits per heavy atom. The third kappa shape index (κ3) is 4.91. The number of hydrogen-bond donors (Lipinski definition) is 2. The van der Waals surface area contributed by atoms with Gasteiger partial charge >= 0.3 is 0 Å². The van der Waals surface area contributed by atoms with Gasteiger partial charge in [-0.15, -0.1) is 0 Å². The number of anilines is 1. The number of morpholine rings is 1. The third-order valence-electron chi connectivity index (χ3n) is 4.71. The Morgan fingerprint density at radius 1 is 1.29 bits per heavy atom. The van der Waals surface area contributed by atoms with E-state index < -0.39 is 0 Å². The average molecular weight is 338 g/mol. The SMILES string of the molecule is CC(C)C(O)C(C)(C)CNCc1ccc(N2CCOCC2)c(F)c1. The van der Waals surface area contributed by atoms with Gasteiger partial charge in [-0.1, -0.05) is 33.8 Å². The minimum absolute atomic E-state index is 0.183. The average Bonchev–Trinajstić information content (AvgIpc) is 2.54. The Hall–Kier alpha value is -1.17. The predicted octanol–water partition coefficient (Wildman–Crippen LogP) is 2.80. The molecule has 24 heavy (non-hydrogen) atoms. The van der Waals surface area contributed by atoms with E-state index in [9.17, 15) is 9.50 Å². The number of nitrogens with zero attached hydrogens (tertiary/aromatic N) is 1. The van der Waals surface area contributed by atoms with Crippen LogP contribution in [0.2, 0.25) is 0 Å². The predicted molar refractivity (Wildman–Crippen MR) is 95.8 cm³/mol. The van der Waals surface area contributed by atoms with Crippen molar-refractivity contribution in [3.63, 3.8) is 0 Å². The molecular formula is C19H31FN2O2. The highest BCUT2D eigenvalue weighted by Gasteiger charge is 2.29. The molecule has 1 aromatic rings. The van der Waals surface area contributed by atoms with Crippen LogP contribution in [-0.4, -0.2) is 44.1 Å². The highest BCUT2D eigenvalue weighted by molar-refractivity contribution is 5.49. The lowest BCUT2D eigenvalue weighted by Gasteiger charge is -2.33. The summed E-state index contributed by atoms with van der Waals surface area (Å²) in [6, 6.07) is 5.42. The van der Waals surface area contributed by atoms with Gasteiger partial charge in [0.2, 0.25) is 0 Å². The lowest BCUT2D eigenvalue weighted by atomic mass is 9.80. The summed E-state index contributed by atoms with van der Waals surface area (Å²) in [6.07, 6.45) is -0.370. The number of nitrogens with one attached hydrogen (secondary N) is 1. The molecule has 1 fully saturated rings. The van der Waals surface area contributed by atoms with E-state index in [1.165, 1.54) is 0 Å². The summed E-state index contributed by atoms with van der Waals surface area (Å²) in [5.74, 6) is 0.0322. The van der Waals surface area contributed by atoms with Crippen LogP contribution in [0.15, 0.2) is 18.2 Å². The van der Waals surface area contributed by atoms with Crippen LogP contribution in [0.1, 0.15) is 33.3 Å². The highest BCUT2D eigenvalue weighted by Crippen LogP contribution is 2.25. The van der Waals surface area contributed by atoms with Gasteiger partial charge in [-0.2, -0.15) is 0 Å². The molecule has 1 atom stereocenters. The minimum Gasteiger partial charge on any atom is -0.392 e. The number of ether oxygens (including phenoxy) is 1. The molecule has 0 radical (unpaired) electrons. The molecule has 0 spiro atoms. The van der Waals surface area contributed by atoms with Crippen LogP contribution in [-0.2, 0) is 11.3 Å². The summed E-state index contributed by atoms with van der Waals surface area (Å²) in [6.45, 7) is 12.2. The van der Waals surface area contributed by atoms with Crippen molar-refractivity contribution in [3.05, 3.63) is 29.6 Å². The maximum atomic E-state index is 14.4. The summed E-state index contributed by atoms with van der Waals surface area (Å²) >= 11 is 0. The quantitative estimate of drug-likeness (QED) is 0.802. The third-order valence-corrected chi connectivity index (χ3v) is 4.71. The monoisotopic (exact) mass is 338 g/mol. The fourth-order valence-corrected chi connectivity index (χ4v) is 3.26. The molecular weight excluding hydrogens is 307 g/mol. The zero-order valence-corrected chi connectivity index (χ0v) is 15.3. The Bertz CT molecular complexity index is 528. The molecule has 1 unspecified atom stereocenters. The Morgan fingerprint density at radius 2 is 1.96 bits per heavy atom. The first-order valence-corrected chi connectivity index (χ1v) is 8.81. The lowest BCUT2D eigenvalue weighted by molar-refractivity contribution is 0.0134. The molecule has 0 aromatic heterocycles. The largest absolute Gasteiger partial charge is 0.392 e. The van der Waals surface area contributed by atoms with Crippen LogP contribution in [0, 0.1) is 17.2 Å². The molecule has 136 valence electrons. The van der Waals surface area contributed by atoms with Gasteiger partial charge in [-0.3, -0.25) is 0 Å². The Balaban J connectivity index is 1.90. The first-order chi connectivity index (χ1) is 11.3. The lowest BCUT2D eigenvalue weighted by Crippen LogP contribution is -2.41. The fraction of sp³-hybridized carbons (Fsp3) is 0.684. The van der Waals surface area contributed by atoms with Crippen molar-refractivity contribution in [1.82, 2.24) is 5.32 Å². The molecule has 2 rings (SSSR count). The summed E-state index contributed by atoms with van der Waals surface area (Å²) in [5.41, 5.74) is 1.34. The number of rotatable bonds is 7. The van der Waals surface area contributed by atoms with Crippen LogP contribution in [0.3, 0.4) is 0 Å². The van der Waals surface area contributed by atoms with Crippen molar-refractivity contribution in [2.75, 3.05) is 37.7 Å². The van der Waals surface area contributed by atoms with E-state index >= 15 is 0 Å². The second-order valence-electron chi connectivity index (χ2n) is 7.67. The zero-order valence-electron chi connectivity index (χ0n) is 15.3. The number of halogens is 1. The van der Waals surface area contributed by atoms with E-state index in [1.807, 2.05) is 44.7 Å². The van der Waals surface area contributed by atoms with Crippen LogP contribution in [0.5, 0.6) is 0 Å². The first-order valence-electron chi connectivity index (χ1n) is 8.81. The van der Waals surface area contributed by atoms with Crippen molar-refractivity contribution in [2.45, 2.75) is 40.3 Å². The molecule has 0 aliphatic carbocycles. The molecule has 1 aliphatic heterocycles. The van der Waals surface area contributed by atoms with Crippen molar-refractivity contribution < 1.29 is 14.2 Å². The van der Waals surface area contributed by atoms with Crippen molar-refractivity contribution in [1.29, 1.82) is 0 Å². The van der Waals surface area contributed by atoms with Gasteiger partial charge in [-0.25, -0.2) is 4.39 Å². The van der Waals surface area contributed by atoms with Gasteiger partial charge in [-0.05, 0) is 23.6 Å². The first kappa shape index (κ1) is 19.2. The van der Waals surface area contributed by atoms with Crippen LogP contribution >= 0.6 is 0 Å². The smallest absolute Gasteiger partial charge is 0.146 e. The topological polar surface area (TPSA) is 44.7 Å². The van der Waals surface area contributed by atoms with E-state index in [0.717, 1.165) is 18.7 Å². The van der Waals surface area contributed by atoms with Crippen LogP contribution in [0.4, 0.5) is 10.1 Å². The second kappa shape index (κ2) is 8.28. The summed E-state index contributed by atoms with van der Waals surface area (Å²) in [4.78, 5) is 2.03. The zero-order chi connectivity index (χ0) is 17.7. The van der Waals surface area contributed by atoms with E-state index in [0.29, 0.717) is 32.0 Å². The number of aliphatic hydroxyl groups excluding tert-OH is 1. The summed E-state index contributed by atoms with van der Waals surface area (Å²) in [5, 5.41) is 13.6. The maximum Gasteiger partial charge on any atom is 0.146 e. The van der Waals surface area contributed by atoms with Crippen molar-refractivity contribution in [2.24, 2.45) is 11.3 Å². The highest BCUT2D eigenvalue weighted by atomic mass is 19.1. The molecule has 0 bridgehead atoms. The van der Waals surface area contributed by atoms with Crippen molar-refractivity contribution >= 4 is 5.69 Å². The number of aliphatic hydroxyl groups is 1. The summed E-state index contributed by atoms with van der Waals surface area (Å²) in [7, 11) is 0. The van der Waals surface area contributed by atoms with Gasteiger partial charge in [0.25, 0.3) is 0 Å². The van der Waals surface area contributed by atoms with Crippen LogP contribution < -0.4 is 10.2 Å². The van der Waals surface area contributed by atoms with Crippen LogP contribution in [0.25, 0.3) is 0 Å². The molecule has 1 heterocycles. The molecule has 1 saturated heterocycles. The molecule has 1 aliphatic rings. The molecule has 4 nitrogen and oxygen atoms in total. The standard InChI is InChI=1S/C19H31FN2O2/c1-14(2)18(23)19(3,4)13-21-12-15-5-6-17(16(20)11-15)22-7-9-24-10-8-22/h5-6,11,14,18,21,23H,7-10,12-13H2,1-4H3. The molecule has 0 amide bonds. The van der Waals surface area contributed by atoms with Gasteiger partial charge in [0, 0.05) is 31.6 Å². The van der Waals surface area contributed by atoms with Crippen molar-refractivity contribution in [3.8, 4) is 0 Å². The minimum atomic E-state index is -0.370. The second-order valence-corrected chi connectivity index (χ2v) is 7.67. The van der Waals surface area contributed by atoms with Gasteiger partial charge in [0.15, 0.2) is 0 Å². The van der Waals surface area contributed by atoms with E-state index in [4.69, 9.17) is 4.74 Å². The Kier molecular flexibility index (Phi) is 6.61. The summed E-state index contributed by atoms with van der Waals surface area (Å²) < 4.78 is 19.7. The Labute approximate surface area is 145 Å². The van der Waals surface area contributed by atoms with E-state index in [1.54, 1.807) is 6.07 Å². The van der Waals surface area contributed by atoms with Gasteiger partial charge < -0.3 is 20.1 Å². The van der Waals surface area contributed by atoms with Gasteiger partial charge in [0.05, 0.1) is 25.0 Å².